The first-order valence-corrected chi connectivity index (χ1v) is 6.17. The van der Waals surface area contributed by atoms with Crippen molar-refractivity contribution in [2.75, 3.05) is 31.6 Å². The summed E-state index contributed by atoms with van der Waals surface area (Å²) < 4.78 is 5.40. The number of hydrogen-bond donors (Lipinski definition) is 2. The van der Waals surface area contributed by atoms with Crippen molar-refractivity contribution in [3.63, 3.8) is 0 Å². The highest BCUT2D eigenvalue weighted by molar-refractivity contribution is 5.36. The molecule has 1 aromatic heterocycles. The minimum atomic E-state index is 0.365. The highest BCUT2D eigenvalue weighted by atomic mass is 16.5. The van der Waals surface area contributed by atoms with Crippen molar-refractivity contribution in [1.29, 1.82) is 0 Å². The van der Waals surface area contributed by atoms with Crippen LogP contribution in [0.4, 0.5) is 5.82 Å². The Balaban J connectivity index is 1.91. The molecular weight excluding hydrogens is 216 g/mol. The number of hydrogen-bond acceptors (Lipinski definition) is 5. The Bertz CT molecular complexity index is 364. The zero-order valence-corrected chi connectivity index (χ0v) is 10.5. The van der Waals surface area contributed by atoms with E-state index in [2.05, 4.69) is 27.5 Å². The molecule has 5 nitrogen and oxygen atoms in total. The fraction of sp³-hybridized carbons (Fsp3) is 0.667. The van der Waals surface area contributed by atoms with Crippen LogP contribution in [0.15, 0.2) is 6.07 Å². The quantitative estimate of drug-likeness (QED) is 0.808. The summed E-state index contributed by atoms with van der Waals surface area (Å²) in [5.41, 5.74) is 1.08. The molecule has 1 aromatic rings. The van der Waals surface area contributed by atoms with Crippen molar-refractivity contribution in [2.45, 2.75) is 26.3 Å². The molecule has 1 aliphatic heterocycles. The van der Waals surface area contributed by atoms with Gasteiger partial charge < -0.3 is 15.4 Å². The van der Waals surface area contributed by atoms with Crippen LogP contribution in [-0.4, -0.2) is 42.3 Å². The lowest BCUT2D eigenvalue weighted by molar-refractivity contribution is 0.0806. The molecule has 0 aliphatic carbocycles. The molecule has 0 radical (unpaired) electrons. The highest BCUT2D eigenvalue weighted by Crippen LogP contribution is 2.07. The van der Waals surface area contributed by atoms with E-state index in [0.29, 0.717) is 6.04 Å². The third-order valence-electron chi connectivity index (χ3n) is 2.78. The van der Waals surface area contributed by atoms with Crippen LogP contribution >= 0.6 is 0 Å². The van der Waals surface area contributed by atoms with E-state index in [1.165, 1.54) is 0 Å². The zero-order valence-electron chi connectivity index (χ0n) is 10.5. The molecule has 2 rings (SSSR count). The van der Waals surface area contributed by atoms with Crippen LogP contribution in [0.1, 0.15) is 18.4 Å². The van der Waals surface area contributed by atoms with Gasteiger partial charge in [-0.15, -0.1) is 0 Å². The number of rotatable bonds is 4. The Morgan fingerprint density at radius 3 is 3.12 bits per heavy atom. The molecule has 1 aliphatic rings. The monoisotopic (exact) mass is 236 g/mol. The van der Waals surface area contributed by atoms with E-state index >= 15 is 0 Å². The number of nitrogens with one attached hydrogen (secondary N) is 2. The molecule has 5 heteroatoms. The van der Waals surface area contributed by atoms with Gasteiger partial charge in [0.15, 0.2) is 0 Å². The molecule has 0 saturated carbocycles. The van der Waals surface area contributed by atoms with Crippen molar-refractivity contribution >= 4 is 5.82 Å². The number of anilines is 1. The first-order chi connectivity index (χ1) is 8.28. The van der Waals surface area contributed by atoms with Gasteiger partial charge in [-0.05, 0) is 13.3 Å². The van der Waals surface area contributed by atoms with Crippen LogP contribution in [0.2, 0.25) is 0 Å². The summed E-state index contributed by atoms with van der Waals surface area (Å²) in [6.07, 6.45) is 0.933. The minimum absolute atomic E-state index is 0.365. The molecule has 1 saturated heterocycles. The standard InChI is InChI=1S/C12H20N4O/c1-3-10-6-12(16-9(2)15-10)14-7-11-8-17-5-4-13-11/h6,11,13H,3-5,7-8H2,1-2H3,(H,14,15,16). The lowest BCUT2D eigenvalue weighted by Crippen LogP contribution is -2.45. The summed E-state index contributed by atoms with van der Waals surface area (Å²) in [4.78, 5) is 8.73. The van der Waals surface area contributed by atoms with Crippen LogP contribution in [0, 0.1) is 6.92 Å². The summed E-state index contributed by atoms with van der Waals surface area (Å²) in [6, 6.07) is 2.38. The minimum Gasteiger partial charge on any atom is -0.378 e. The van der Waals surface area contributed by atoms with E-state index < -0.39 is 0 Å². The van der Waals surface area contributed by atoms with Gasteiger partial charge in [0, 0.05) is 30.9 Å². The van der Waals surface area contributed by atoms with Gasteiger partial charge in [-0.1, -0.05) is 6.92 Å². The van der Waals surface area contributed by atoms with E-state index in [4.69, 9.17) is 4.74 Å². The van der Waals surface area contributed by atoms with Crippen LogP contribution in [-0.2, 0) is 11.2 Å². The Morgan fingerprint density at radius 1 is 1.53 bits per heavy atom. The maximum atomic E-state index is 5.40. The maximum Gasteiger partial charge on any atom is 0.129 e. The van der Waals surface area contributed by atoms with Crippen molar-refractivity contribution in [1.82, 2.24) is 15.3 Å². The van der Waals surface area contributed by atoms with Gasteiger partial charge in [0.25, 0.3) is 0 Å². The Labute approximate surface area is 102 Å². The smallest absolute Gasteiger partial charge is 0.129 e. The molecule has 1 atom stereocenters. The van der Waals surface area contributed by atoms with Crippen molar-refractivity contribution in [3.8, 4) is 0 Å². The van der Waals surface area contributed by atoms with E-state index in [1.807, 2.05) is 13.0 Å². The van der Waals surface area contributed by atoms with Gasteiger partial charge in [-0.25, -0.2) is 9.97 Å². The van der Waals surface area contributed by atoms with Crippen molar-refractivity contribution in [2.24, 2.45) is 0 Å². The van der Waals surface area contributed by atoms with Crippen molar-refractivity contribution in [3.05, 3.63) is 17.6 Å². The van der Waals surface area contributed by atoms with Gasteiger partial charge in [0.2, 0.25) is 0 Å². The Kier molecular flexibility index (Phi) is 4.28. The highest BCUT2D eigenvalue weighted by Gasteiger charge is 2.12. The number of aryl methyl sites for hydroxylation is 2. The number of morpholine rings is 1. The van der Waals surface area contributed by atoms with E-state index in [1.54, 1.807) is 0 Å². The lowest BCUT2D eigenvalue weighted by Gasteiger charge is -2.24. The lowest BCUT2D eigenvalue weighted by atomic mass is 10.2. The molecule has 1 unspecified atom stereocenters. The molecule has 1 fully saturated rings. The fourth-order valence-corrected chi connectivity index (χ4v) is 1.88. The predicted octanol–water partition coefficient (Wildman–Crippen LogP) is 0.748. The third-order valence-corrected chi connectivity index (χ3v) is 2.78. The molecule has 2 N–H and O–H groups in total. The van der Waals surface area contributed by atoms with Gasteiger partial charge in [-0.3, -0.25) is 0 Å². The summed E-state index contributed by atoms with van der Waals surface area (Å²) in [7, 11) is 0. The molecule has 17 heavy (non-hydrogen) atoms. The molecule has 2 heterocycles. The predicted molar refractivity (Wildman–Crippen MR) is 67.2 cm³/mol. The van der Waals surface area contributed by atoms with Gasteiger partial charge >= 0.3 is 0 Å². The number of aromatic nitrogens is 2. The largest absolute Gasteiger partial charge is 0.378 e. The Hall–Kier alpha value is -1.20. The topological polar surface area (TPSA) is 59.1 Å². The molecule has 0 aromatic carbocycles. The SMILES string of the molecule is CCc1cc(NCC2COCCN2)nc(C)n1. The average Bonchev–Trinajstić information content (AvgIpc) is 2.37. The number of nitrogens with zero attached hydrogens (tertiary/aromatic N) is 2. The molecule has 0 spiro atoms. The van der Waals surface area contributed by atoms with Gasteiger partial charge in [0.05, 0.1) is 13.2 Å². The second-order valence-electron chi connectivity index (χ2n) is 4.25. The van der Waals surface area contributed by atoms with Gasteiger partial charge in [-0.2, -0.15) is 0 Å². The normalized spacial score (nSPS) is 20.2. The van der Waals surface area contributed by atoms with E-state index in [9.17, 15) is 0 Å². The number of ether oxygens (including phenoxy) is 1. The second-order valence-corrected chi connectivity index (χ2v) is 4.25. The second kappa shape index (κ2) is 5.93. The van der Waals surface area contributed by atoms with Gasteiger partial charge in [0.1, 0.15) is 11.6 Å². The molecule has 0 bridgehead atoms. The van der Waals surface area contributed by atoms with Crippen LogP contribution in [0.25, 0.3) is 0 Å². The van der Waals surface area contributed by atoms with E-state index in [0.717, 1.165) is 50.1 Å². The maximum absolute atomic E-state index is 5.40. The summed E-state index contributed by atoms with van der Waals surface area (Å²) in [5.74, 6) is 1.72. The van der Waals surface area contributed by atoms with Crippen LogP contribution in [0.5, 0.6) is 0 Å². The fourth-order valence-electron chi connectivity index (χ4n) is 1.88. The zero-order chi connectivity index (χ0) is 12.1. The molecular formula is C12H20N4O. The molecule has 94 valence electrons. The van der Waals surface area contributed by atoms with E-state index in [-0.39, 0.29) is 0 Å². The Morgan fingerprint density at radius 2 is 2.41 bits per heavy atom. The first kappa shape index (κ1) is 12.3. The summed E-state index contributed by atoms with van der Waals surface area (Å²) in [6.45, 7) is 7.35. The molecule has 0 amide bonds. The summed E-state index contributed by atoms with van der Waals surface area (Å²) >= 11 is 0. The third kappa shape index (κ3) is 3.64. The summed E-state index contributed by atoms with van der Waals surface area (Å²) in [5, 5.41) is 6.74. The van der Waals surface area contributed by atoms with Crippen LogP contribution < -0.4 is 10.6 Å². The first-order valence-electron chi connectivity index (χ1n) is 6.17. The van der Waals surface area contributed by atoms with Crippen molar-refractivity contribution < 1.29 is 4.74 Å². The average molecular weight is 236 g/mol. The van der Waals surface area contributed by atoms with Crippen LogP contribution in [0.3, 0.4) is 0 Å².